The van der Waals surface area contributed by atoms with E-state index in [-0.39, 0.29) is 29.7 Å². The van der Waals surface area contributed by atoms with Crippen LogP contribution in [0.25, 0.3) is 0 Å². The zero-order chi connectivity index (χ0) is 13.3. The molecule has 8 nitrogen and oxygen atoms in total. The third-order valence-electron chi connectivity index (χ3n) is 2.68. The smallest absolute Gasteiger partial charge is 0.329 e. The Morgan fingerprint density at radius 2 is 2.11 bits per heavy atom. The van der Waals surface area contributed by atoms with Crippen molar-refractivity contribution >= 4 is 17.5 Å². The maximum Gasteiger partial charge on any atom is 0.329 e. The van der Waals surface area contributed by atoms with Gasteiger partial charge in [0.1, 0.15) is 6.20 Å². The van der Waals surface area contributed by atoms with Gasteiger partial charge in [-0.1, -0.05) is 0 Å². The van der Waals surface area contributed by atoms with Crippen LogP contribution in [-0.2, 0) is 4.74 Å². The lowest BCUT2D eigenvalue weighted by Crippen LogP contribution is -2.46. The molecule has 2 atom stereocenters. The number of nitrogen functional groups attached to an aromatic ring is 1. The van der Waals surface area contributed by atoms with E-state index >= 15 is 0 Å². The monoisotopic (exact) mass is 253 g/mol. The summed E-state index contributed by atoms with van der Waals surface area (Å²) in [4.78, 5) is 19.9. The topological polar surface area (TPSA) is 107 Å². The van der Waals surface area contributed by atoms with Crippen molar-refractivity contribution in [3.8, 4) is 0 Å². The third kappa shape index (κ3) is 2.48. The van der Waals surface area contributed by atoms with Crippen LogP contribution >= 0.6 is 0 Å². The zero-order valence-electron chi connectivity index (χ0n) is 10.2. The molecule has 0 radical (unpaired) electrons. The average Bonchev–Trinajstić information content (AvgIpc) is 2.27. The molecule has 1 aromatic heterocycles. The highest BCUT2D eigenvalue weighted by Crippen LogP contribution is 2.28. The van der Waals surface area contributed by atoms with Gasteiger partial charge in [-0.05, 0) is 13.8 Å². The first-order chi connectivity index (χ1) is 8.47. The molecular weight excluding hydrogens is 238 g/mol. The van der Waals surface area contributed by atoms with Crippen molar-refractivity contribution in [1.29, 1.82) is 0 Å². The number of hydrogen-bond donors (Lipinski definition) is 1. The Balaban J connectivity index is 2.36. The van der Waals surface area contributed by atoms with E-state index < -0.39 is 4.92 Å². The Bertz CT molecular complexity index is 457. The zero-order valence-corrected chi connectivity index (χ0v) is 10.2. The summed E-state index contributed by atoms with van der Waals surface area (Å²) in [6, 6.07) is 0. The lowest BCUT2D eigenvalue weighted by Gasteiger charge is -2.35. The highest BCUT2D eigenvalue weighted by atomic mass is 16.6. The van der Waals surface area contributed by atoms with E-state index in [4.69, 9.17) is 10.5 Å². The summed E-state index contributed by atoms with van der Waals surface area (Å²) in [5.74, 6) is 0.289. The van der Waals surface area contributed by atoms with Crippen LogP contribution in [0, 0.1) is 10.1 Å². The van der Waals surface area contributed by atoms with E-state index in [1.807, 2.05) is 18.7 Å². The Labute approximate surface area is 104 Å². The van der Waals surface area contributed by atoms with Gasteiger partial charge in [0.05, 0.1) is 17.1 Å². The van der Waals surface area contributed by atoms with Crippen molar-refractivity contribution in [3.05, 3.63) is 16.3 Å². The fourth-order valence-corrected chi connectivity index (χ4v) is 2.09. The molecule has 2 heterocycles. The number of nitro groups is 1. The molecular formula is C10H15N5O3. The number of nitrogens with two attached hydrogens (primary N) is 1. The van der Waals surface area contributed by atoms with Gasteiger partial charge in [-0.15, -0.1) is 0 Å². The van der Waals surface area contributed by atoms with Gasteiger partial charge in [-0.25, -0.2) is 4.98 Å². The van der Waals surface area contributed by atoms with E-state index in [9.17, 15) is 10.1 Å². The number of nitrogens with zero attached hydrogens (tertiary/aromatic N) is 4. The van der Waals surface area contributed by atoms with Crippen LogP contribution in [0.4, 0.5) is 17.5 Å². The van der Waals surface area contributed by atoms with Gasteiger partial charge >= 0.3 is 5.69 Å². The van der Waals surface area contributed by atoms with E-state index in [0.29, 0.717) is 13.1 Å². The van der Waals surface area contributed by atoms with Gasteiger partial charge in [-0.2, -0.15) is 4.98 Å². The molecule has 8 heteroatoms. The van der Waals surface area contributed by atoms with Crippen LogP contribution in [0.1, 0.15) is 13.8 Å². The predicted molar refractivity (Wildman–Crippen MR) is 65.3 cm³/mol. The summed E-state index contributed by atoms with van der Waals surface area (Å²) in [6.07, 6.45) is 1.12. The molecule has 0 aromatic carbocycles. The Morgan fingerprint density at radius 3 is 2.67 bits per heavy atom. The van der Waals surface area contributed by atoms with Crippen LogP contribution < -0.4 is 10.6 Å². The summed E-state index contributed by atoms with van der Waals surface area (Å²) < 4.78 is 5.58. The number of rotatable bonds is 2. The van der Waals surface area contributed by atoms with E-state index in [0.717, 1.165) is 6.20 Å². The maximum absolute atomic E-state index is 11.0. The molecule has 1 aromatic rings. The normalized spacial score (nSPS) is 24.0. The van der Waals surface area contributed by atoms with Crippen LogP contribution in [0.5, 0.6) is 0 Å². The molecule has 18 heavy (non-hydrogen) atoms. The average molecular weight is 253 g/mol. The van der Waals surface area contributed by atoms with Crippen molar-refractivity contribution in [2.24, 2.45) is 0 Å². The molecule has 1 aliphatic heterocycles. The minimum atomic E-state index is -0.500. The van der Waals surface area contributed by atoms with Crippen molar-refractivity contribution in [2.45, 2.75) is 26.1 Å². The molecule has 0 aliphatic carbocycles. The van der Waals surface area contributed by atoms with E-state index in [2.05, 4.69) is 9.97 Å². The molecule has 0 amide bonds. The van der Waals surface area contributed by atoms with E-state index in [1.165, 1.54) is 0 Å². The highest BCUT2D eigenvalue weighted by molar-refractivity contribution is 5.58. The molecule has 0 spiro atoms. The van der Waals surface area contributed by atoms with Gasteiger partial charge in [0.15, 0.2) is 0 Å². The predicted octanol–water partition coefficient (Wildman–Crippen LogP) is 0.581. The van der Waals surface area contributed by atoms with Crippen LogP contribution in [-0.4, -0.2) is 40.2 Å². The first-order valence-electron chi connectivity index (χ1n) is 5.64. The van der Waals surface area contributed by atoms with Crippen molar-refractivity contribution in [2.75, 3.05) is 23.7 Å². The second kappa shape index (κ2) is 4.73. The number of ether oxygens (including phenoxy) is 1. The molecule has 2 unspecified atom stereocenters. The summed E-state index contributed by atoms with van der Waals surface area (Å²) in [6.45, 7) is 4.92. The quantitative estimate of drug-likeness (QED) is 0.606. The largest absolute Gasteiger partial charge is 0.372 e. The van der Waals surface area contributed by atoms with Gasteiger partial charge in [0.25, 0.3) is 0 Å². The first kappa shape index (κ1) is 12.5. The second-order valence-corrected chi connectivity index (χ2v) is 4.36. The van der Waals surface area contributed by atoms with Crippen molar-refractivity contribution in [3.63, 3.8) is 0 Å². The van der Waals surface area contributed by atoms with E-state index in [1.54, 1.807) is 0 Å². The molecule has 1 saturated heterocycles. The minimum Gasteiger partial charge on any atom is -0.372 e. The Morgan fingerprint density at radius 1 is 1.50 bits per heavy atom. The van der Waals surface area contributed by atoms with Gasteiger partial charge < -0.3 is 15.4 Å². The first-order valence-corrected chi connectivity index (χ1v) is 5.64. The molecule has 0 saturated carbocycles. The highest BCUT2D eigenvalue weighted by Gasteiger charge is 2.29. The number of aromatic nitrogens is 2. The van der Waals surface area contributed by atoms with Crippen LogP contribution in [0.3, 0.4) is 0 Å². The fraction of sp³-hybridized carbons (Fsp3) is 0.600. The molecule has 0 bridgehead atoms. The SMILES string of the molecule is CC1CN(c2nc(N)ncc2[N+](=O)[O-])CC(C)O1. The van der Waals surface area contributed by atoms with Gasteiger partial charge in [-0.3, -0.25) is 10.1 Å². The Hall–Kier alpha value is -1.96. The standard InChI is InChI=1S/C10H15N5O3/c1-6-4-14(5-7(2)18-6)9-8(15(16)17)3-12-10(11)13-9/h3,6-7H,4-5H2,1-2H3,(H2,11,12,13). The third-order valence-corrected chi connectivity index (χ3v) is 2.68. The fourth-order valence-electron chi connectivity index (χ4n) is 2.09. The van der Waals surface area contributed by atoms with Gasteiger partial charge in [0, 0.05) is 13.1 Å². The number of morpholine rings is 1. The number of anilines is 2. The molecule has 2 rings (SSSR count). The van der Waals surface area contributed by atoms with Crippen molar-refractivity contribution < 1.29 is 9.66 Å². The van der Waals surface area contributed by atoms with Crippen LogP contribution in [0.15, 0.2) is 6.20 Å². The van der Waals surface area contributed by atoms with Gasteiger partial charge in [0.2, 0.25) is 11.8 Å². The molecule has 1 fully saturated rings. The molecule has 98 valence electrons. The molecule has 2 N–H and O–H groups in total. The summed E-state index contributed by atoms with van der Waals surface area (Å²) in [5, 5.41) is 11.0. The van der Waals surface area contributed by atoms with Crippen molar-refractivity contribution in [1.82, 2.24) is 9.97 Å². The minimum absolute atomic E-state index is 0.00968. The van der Waals surface area contributed by atoms with Crippen LogP contribution in [0.2, 0.25) is 0 Å². The lowest BCUT2D eigenvalue weighted by atomic mass is 10.2. The molecule has 1 aliphatic rings. The number of hydrogen-bond acceptors (Lipinski definition) is 7. The summed E-state index contributed by atoms with van der Waals surface area (Å²) >= 11 is 0. The Kier molecular flexibility index (Phi) is 3.28. The summed E-state index contributed by atoms with van der Waals surface area (Å²) in [5.41, 5.74) is 5.37. The summed E-state index contributed by atoms with van der Waals surface area (Å²) in [7, 11) is 0. The maximum atomic E-state index is 11.0. The second-order valence-electron chi connectivity index (χ2n) is 4.36. The lowest BCUT2D eigenvalue weighted by molar-refractivity contribution is -0.384.